The van der Waals surface area contributed by atoms with E-state index in [1.807, 2.05) is 67.6 Å². The molecule has 0 unspecified atom stereocenters. The lowest BCUT2D eigenvalue weighted by Gasteiger charge is -2.14. The number of aromatic nitrogens is 4. The third-order valence-corrected chi connectivity index (χ3v) is 9.14. The van der Waals surface area contributed by atoms with Crippen LogP contribution in [0, 0.1) is 19.3 Å². The molecule has 0 aliphatic carbocycles. The number of hydrogen-bond acceptors (Lipinski definition) is 9. The molecule has 304 valence electrons. The highest BCUT2D eigenvalue weighted by molar-refractivity contribution is 6.07. The van der Waals surface area contributed by atoms with E-state index in [-0.39, 0.29) is 11.3 Å². The molecule has 13 nitrogen and oxygen atoms in total. The molecule has 0 aliphatic heterocycles. The molecule has 2 aromatic heterocycles. The van der Waals surface area contributed by atoms with E-state index in [1.165, 1.54) is 0 Å². The van der Waals surface area contributed by atoms with E-state index < -0.39 is 6.03 Å². The van der Waals surface area contributed by atoms with Crippen LogP contribution in [0.2, 0.25) is 0 Å². The smallest absolute Gasteiger partial charge is 0.324 e. The Labute approximate surface area is 344 Å². The van der Waals surface area contributed by atoms with Crippen molar-refractivity contribution in [1.29, 1.82) is 0 Å². The number of terminal acetylenes is 1. The summed E-state index contributed by atoms with van der Waals surface area (Å²) in [7, 11) is 1.62. The van der Waals surface area contributed by atoms with Crippen molar-refractivity contribution >= 4 is 34.2 Å². The highest BCUT2D eigenvalue weighted by Gasteiger charge is 2.22. The van der Waals surface area contributed by atoms with Crippen LogP contribution in [0.15, 0.2) is 97.2 Å². The standard InChI is InChI=1S/C46H49N7O6/c1-7-32-26-33(28-34(27-32)44(54)48-20-21-57-24-25-58-23-22-56-6)29-41-47-19-18-43(50-41)59-39-17-16-38(36-10-8-9-11-37(36)39)49-45(55)51-42-30-40(46(3,4)5)52-53(42)35-14-12-31(2)13-15-35/h1,8-19,26-28,30H,20-25,29H2,2-6H3,(H,48,54)(H2,49,51,55). The van der Waals surface area contributed by atoms with Gasteiger partial charge in [-0.25, -0.2) is 14.5 Å². The van der Waals surface area contributed by atoms with Gasteiger partial charge in [0.25, 0.3) is 5.91 Å². The van der Waals surface area contributed by atoms with Crippen molar-refractivity contribution in [2.45, 2.75) is 39.5 Å². The maximum Gasteiger partial charge on any atom is 0.324 e. The van der Waals surface area contributed by atoms with Crippen LogP contribution in [-0.4, -0.2) is 78.4 Å². The number of nitrogens with one attached hydrogen (secondary N) is 3. The Morgan fingerprint density at radius 3 is 2.34 bits per heavy atom. The van der Waals surface area contributed by atoms with Crippen LogP contribution in [0.3, 0.4) is 0 Å². The van der Waals surface area contributed by atoms with Crippen LogP contribution in [0.5, 0.6) is 11.6 Å². The number of carbonyl (C=O) groups excluding carboxylic acids is 2. The topological polar surface area (TPSA) is 151 Å². The number of benzene rings is 4. The van der Waals surface area contributed by atoms with Crippen LogP contribution in [0.4, 0.5) is 16.3 Å². The van der Waals surface area contributed by atoms with Gasteiger partial charge in [-0.1, -0.05) is 68.7 Å². The molecule has 13 heteroatoms. The molecule has 0 saturated carbocycles. The summed E-state index contributed by atoms with van der Waals surface area (Å²) in [5, 5.41) is 15.3. The number of anilines is 2. The zero-order chi connectivity index (χ0) is 41.8. The van der Waals surface area contributed by atoms with Crippen LogP contribution in [-0.2, 0) is 26.0 Å². The van der Waals surface area contributed by atoms with Gasteiger partial charge in [0.2, 0.25) is 5.88 Å². The van der Waals surface area contributed by atoms with Crippen LogP contribution < -0.4 is 20.7 Å². The monoisotopic (exact) mass is 795 g/mol. The summed E-state index contributed by atoms with van der Waals surface area (Å²) >= 11 is 0. The Balaban J connectivity index is 1.12. The number of fused-ring (bicyclic) bond motifs is 1. The van der Waals surface area contributed by atoms with Gasteiger partial charge < -0.3 is 29.6 Å². The molecule has 0 aliphatic rings. The largest absolute Gasteiger partial charge is 0.438 e. The lowest BCUT2D eigenvalue weighted by atomic mass is 9.92. The fourth-order valence-corrected chi connectivity index (χ4v) is 6.09. The average Bonchev–Trinajstić information content (AvgIpc) is 3.65. The quantitative estimate of drug-likeness (QED) is 0.0620. The van der Waals surface area contributed by atoms with Gasteiger partial charge in [0.1, 0.15) is 17.4 Å². The molecule has 6 rings (SSSR count). The average molecular weight is 796 g/mol. The molecule has 59 heavy (non-hydrogen) atoms. The first-order chi connectivity index (χ1) is 28.5. The number of ether oxygens (including phenoxy) is 4. The first-order valence-electron chi connectivity index (χ1n) is 19.3. The molecule has 0 fully saturated rings. The molecule has 0 saturated heterocycles. The summed E-state index contributed by atoms with van der Waals surface area (Å²) in [6.45, 7) is 10.8. The van der Waals surface area contributed by atoms with Crippen molar-refractivity contribution in [3.05, 3.63) is 131 Å². The molecular formula is C46H49N7O6. The first-order valence-corrected chi connectivity index (χ1v) is 19.3. The molecular weight excluding hydrogens is 747 g/mol. The number of hydrogen-bond donors (Lipinski definition) is 3. The maximum absolute atomic E-state index is 13.5. The van der Waals surface area contributed by atoms with E-state index >= 15 is 0 Å². The van der Waals surface area contributed by atoms with Crippen molar-refractivity contribution in [2.24, 2.45) is 0 Å². The third kappa shape index (κ3) is 11.5. The van der Waals surface area contributed by atoms with Crippen LogP contribution >= 0.6 is 0 Å². The zero-order valence-electron chi connectivity index (χ0n) is 34.0. The van der Waals surface area contributed by atoms with Crippen molar-refractivity contribution < 1.29 is 28.5 Å². The molecule has 4 aromatic carbocycles. The second kappa shape index (κ2) is 19.7. The van der Waals surface area contributed by atoms with Gasteiger partial charge in [-0.3, -0.25) is 10.1 Å². The van der Waals surface area contributed by atoms with Crippen molar-refractivity contribution in [3.8, 4) is 29.7 Å². The van der Waals surface area contributed by atoms with E-state index in [1.54, 1.807) is 48.3 Å². The number of urea groups is 1. The fraction of sp³-hybridized carbons (Fsp3) is 0.283. The second-order valence-corrected chi connectivity index (χ2v) is 14.8. The predicted molar refractivity (Wildman–Crippen MR) is 229 cm³/mol. The van der Waals surface area contributed by atoms with Gasteiger partial charge >= 0.3 is 6.03 Å². The van der Waals surface area contributed by atoms with Crippen molar-refractivity contribution in [2.75, 3.05) is 57.3 Å². The minimum Gasteiger partial charge on any atom is -0.438 e. The van der Waals surface area contributed by atoms with E-state index in [9.17, 15) is 9.59 Å². The van der Waals surface area contributed by atoms with Crippen molar-refractivity contribution in [1.82, 2.24) is 25.1 Å². The summed E-state index contributed by atoms with van der Waals surface area (Å²) < 4.78 is 23.9. The highest BCUT2D eigenvalue weighted by Crippen LogP contribution is 2.34. The summed E-state index contributed by atoms with van der Waals surface area (Å²) in [5.74, 6) is 4.25. The van der Waals surface area contributed by atoms with E-state index in [0.29, 0.717) is 86.1 Å². The number of aryl methyl sites for hydroxylation is 1. The van der Waals surface area contributed by atoms with E-state index in [4.69, 9.17) is 30.5 Å². The molecule has 0 atom stereocenters. The predicted octanol–water partition coefficient (Wildman–Crippen LogP) is 7.84. The number of nitrogens with zero attached hydrogens (tertiary/aromatic N) is 4. The molecule has 0 spiro atoms. The minimum atomic E-state index is -0.419. The fourth-order valence-electron chi connectivity index (χ4n) is 6.09. The Kier molecular flexibility index (Phi) is 14.0. The van der Waals surface area contributed by atoms with Crippen LogP contribution in [0.1, 0.15) is 59.3 Å². The van der Waals surface area contributed by atoms with Gasteiger partial charge in [0.15, 0.2) is 0 Å². The second-order valence-electron chi connectivity index (χ2n) is 14.8. The Morgan fingerprint density at radius 2 is 1.59 bits per heavy atom. The third-order valence-electron chi connectivity index (χ3n) is 9.14. The maximum atomic E-state index is 13.5. The van der Waals surface area contributed by atoms with E-state index in [0.717, 1.165) is 33.3 Å². The normalized spacial score (nSPS) is 11.3. The summed E-state index contributed by atoms with van der Waals surface area (Å²) in [6, 6.07) is 27.6. The summed E-state index contributed by atoms with van der Waals surface area (Å²) in [6.07, 6.45) is 7.67. The van der Waals surface area contributed by atoms with Gasteiger partial charge in [-0.05, 0) is 55.0 Å². The van der Waals surface area contributed by atoms with Crippen LogP contribution in [0.25, 0.3) is 16.5 Å². The molecule has 0 bridgehead atoms. The number of methoxy groups -OCH3 is 1. The lowest BCUT2D eigenvalue weighted by molar-refractivity contribution is 0.0255. The SMILES string of the molecule is C#Cc1cc(Cc2nccc(Oc3ccc(NC(=O)Nc4cc(C(C)(C)C)nn4-c4ccc(C)cc4)c4ccccc34)n2)cc(C(=O)NCCOCCOCCOC)c1. The molecule has 6 aromatic rings. The lowest BCUT2D eigenvalue weighted by Crippen LogP contribution is -2.28. The van der Waals surface area contributed by atoms with E-state index in [2.05, 4.69) is 52.6 Å². The Bertz CT molecular complexity index is 2430. The molecule has 2 heterocycles. The minimum absolute atomic E-state index is 0.231. The Morgan fingerprint density at radius 1 is 0.847 bits per heavy atom. The number of rotatable bonds is 17. The molecule has 3 N–H and O–H groups in total. The Hall–Kier alpha value is -6.59. The van der Waals surface area contributed by atoms with Gasteiger partial charge in [-0.2, -0.15) is 10.1 Å². The first kappa shape index (κ1) is 42.0. The highest BCUT2D eigenvalue weighted by atomic mass is 16.5. The van der Waals surface area contributed by atoms with Gasteiger partial charge in [0.05, 0.1) is 50.1 Å². The summed E-state index contributed by atoms with van der Waals surface area (Å²) in [5.41, 5.74) is 4.92. The zero-order valence-corrected chi connectivity index (χ0v) is 34.0. The van der Waals surface area contributed by atoms with Crippen molar-refractivity contribution in [3.63, 3.8) is 0 Å². The number of amides is 3. The van der Waals surface area contributed by atoms with Gasteiger partial charge in [-0.15, -0.1) is 6.42 Å². The van der Waals surface area contributed by atoms with Gasteiger partial charge in [0, 0.05) is 65.7 Å². The molecule has 0 radical (unpaired) electrons. The number of carbonyl (C=O) groups is 2. The molecule has 3 amide bonds. The summed E-state index contributed by atoms with van der Waals surface area (Å²) in [4.78, 5) is 35.7.